The number of thioether (sulfide) groups is 1. The monoisotopic (exact) mass is 311 g/mol. The van der Waals surface area contributed by atoms with Gasteiger partial charge in [-0.05, 0) is 38.2 Å². The van der Waals surface area contributed by atoms with Gasteiger partial charge in [0, 0.05) is 13.1 Å². The van der Waals surface area contributed by atoms with Crippen LogP contribution in [0.5, 0.6) is 0 Å². The lowest BCUT2D eigenvalue weighted by atomic mass is 9.98. The van der Waals surface area contributed by atoms with E-state index in [0.29, 0.717) is 25.5 Å². The van der Waals surface area contributed by atoms with Crippen LogP contribution in [0.15, 0.2) is 16.5 Å². The molecule has 0 spiro atoms. The Morgan fingerprint density at radius 2 is 2.29 bits per heavy atom. The fraction of sp³-hybridized carbons (Fsp3) is 0.600. The van der Waals surface area contributed by atoms with Gasteiger partial charge in [-0.1, -0.05) is 0 Å². The molecule has 0 aliphatic carbocycles. The van der Waals surface area contributed by atoms with Crippen LogP contribution in [0, 0.1) is 5.92 Å². The molecule has 1 saturated heterocycles. The van der Waals surface area contributed by atoms with E-state index in [2.05, 4.69) is 0 Å². The highest BCUT2D eigenvalue weighted by atomic mass is 32.2. The van der Waals surface area contributed by atoms with E-state index in [1.165, 1.54) is 0 Å². The van der Waals surface area contributed by atoms with Gasteiger partial charge in [-0.25, -0.2) is 0 Å². The third-order valence-corrected chi connectivity index (χ3v) is 4.06. The molecule has 1 unspecified atom stereocenters. The molecule has 1 aliphatic heterocycles. The van der Waals surface area contributed by atoms with Crippen LogP contribution in [-0.4, -0.2) is 42.7 Å². The molecule has 21 heavy (non-hydrogen) atoms. The maximum atomic E-state index is 12.4. The van der Waals surface area contributed by atoms with Crippen LogP contribution >= 0.6 is 11.8 Å². The fourth-order valence-corrected chi connectivity index (χ4v) is 2.92. The number of carbonyl (C=O) groups is 2. The first kappa shape index (κ1) is 15.9. The number of esters is 1. The summed E-state index contributed by atoms with van der Waals surface area (Å²) in [7, 11) is 0. The van der Waals surface area contributed by atoms with Crippen molar-refractivity contribution in [3.8, 4) is 0 Å². The third-order valence-electron chi connectivity index (χ3n) is 3.49. The lowest BCUT2D eigenvalue weighted by Crippen LogP contribution is -2.42. The summed E-state index contributed by atoms with van der Waals surface area (Å²) in [5.41, 5.74) is 0. The summed E-state index contributed by atoms with van der Waals surface area (Å²) in [4.78, 5) is 25.9. The van der Waals surface area contributed by atoms with Gasteiger partial charge in [0.05, 0.1) is 18.3 Å². The molecular weight excluding hydrogens is 290 g/mol. The first-order valence-corrected chi connectivity index (χ1v) is 8.58. The number of rotatable bonds is 5. The van der Waals surface area contributed by atoms with Crippen LogP contribution in [-0.2, 0) is 15.3 Å². The average Bonchev–Trinajstić information content (AvgIpc) is 2.96. The molecule has 1 aliphatic rings. The molecule has 0 saturated carbocycles. The first-order chi connectivity index (χ1) is 10.2. The van der Waals surface area contributed by atoms with Gasteiger partial charge in [-0.3, -0.25) is 9.59 Å². The number of nitrogens with zero attached hydrogens (tertiary/aromatic N) is 1. The molecule has 1 aromatic rings. The second-order valence-electron chi connectivity index (χ2n) is 5.04. The summed E-state index contributed by atoms with van der Waals surface area (Å²) in [6.45, 7) is 3.24. The van der Waals surface area contributed by atoms with E-state index in [4.69, 9.17) is 9.15 Å². The minimum Gasteiger partial charge on any atom is -0.466 e. The van der Waals surface area contributed by atoms with Gasteiger partial charge in [-0.15, -0.1) is 0 Å². The maximum absolute atomic E-state index is 12.4. The third kappa shape index (κ3) is 4.03. The highest BCUT2D eigenvalue weighted by molar-refractivity contribution is 7.97. The predicted octanol–water partition coefficient (Wildman–Crippen LogP) is 2.56. The highest BCUT2D eigenvalue weighted by Crippen LogP contribution is 2.21. The van der Waals surface area contributed by atoms with Gasteiger partial charge < -0.3 is 14.1 Å². The van der Waals surface area contributed by atoms with E-state index in [1.54, 1.807) is 29.7 Å². The summed E-state index contributed by atoms with van der Waals surface area (Å²) >= 11 is 1.65. The number of amides is 1. The van der Waals surface area contributed by atoms with Gasteiger partial charge in [0.2, 0.25) is 0 Å². The molecule has 0 radical (unpaired) electrons. The Morgan fingerprint density at radius 3 is 3.00 bits per heavy atom. The molecule has 1 aromatic heterocycles. The number of carbonyl (C=O) groups excluding carboxylic acids is 2. The first-order valence-electron chi connectivity index (χ1n) is 7.19. The standard InChI is InChI=1S/C15H21NO4S/c1-3-19-15(18)11-5-4-8-16(9-11)14(17)13-7-6-12(20-13)10-21-2/h6-7,11H,3-5,8-10H2,1-2H3. The van der Waals surface area contributed by atoms with Crippen molar-refractivity contribution in [2.75, 3.05) is 26.0 Å². The van der Waals surface area contributed by atoms with Crippen molar-refractivity contribution in [2.45, 2.75) is 25.5 Å². The van der Waals surface area contributed by atoms with Crippen LogP contribution in [0.4, 0.5) is 0 Å². The molecule has 0 bridgehead atoms. The van der Waals surface area contributed by atoms with Crippen LogP contribution in [0.2, 0.25) is 0 Å². The molecule has 1 atom stereocenters. The molecule has 1 amide bonds. The van der Waals surface area contributed by atoms with E-state index < -0.39 is 0 Å². The van der Waals surface area contributed by atoms with E-state index in [9.17, 15) is 9.59 Å². The zero-order chi connectivity index (χ0) is 15.2. The topological polar surface area (TPSA) is 59.8 Å². The Morgan fingerprint density at radius 1 is 1.48 bits per heavy atom. The fourth-order valence-electron chi connectivity index (χ4n) is 2.48. The zero-order valence-electron chi connectivity index (χ0n) is 12.5. The molecule has 0 aromatic carbocycles. The van der Waals surface area contributed by atoms with Crippen molar-refractivity contribution in [1.82, 2.24) is 4.90 Å². The van der Waals surface area contributed by atoms with E-state index >= 15 is 0 Å². The van der Waals surface area contributed by atoms with Crippen LogP contribution in [0.1, 0.15) is 36.1 Å². The van der Waals surface area contributed by atoms with Gasteiger partial charge >= 0.3 is 5.97 Å². The predicted molar refractivity (Wildman–Crippen MR) is 81.2 cm³/mol. The number of furan rings is 1. The smallest absolute Gasteiger partial charge is 0.310 e. The lowest BCUT2D eigenvalue weighted by molar-refractivity contribution is -0.149. The summed E-state index contributed by atoms with van der Waals surface area (Å²) in [5, 5.41) is 0. The van der Waals surface area contributed by atoms with E-state index in [-0.39, 0.29) is 17.8 Å². The summed E-state index contributed by atoms with van der Waals surface area (Å²) in [6, 6.07) is 3.54. The summed E-state index contributed by atoms with van der Waals surface area (Å²) in [5.74, 6) is 1.32. The van der Waals surface area contributed by atoms with E-state index in [1.807, 2.05) is 12.3 Å². The van der Waals surface area contributed by atoms with Crippen molar-refractivity contribution in [1.29, 1.82) is 0 Å². The Bertz CT molecular complexity index is 500. The molecule has 6 heteroatoms. The van der Waals surface area contributed by atoms with Crippen molar-refractivity contribution in [2.24, 2.45) is 5.92 Å². The van der Waals surface area contributed by atoms with Crippen molar-refractivity contribution in [3.63, 3.8) is 0 Å². The Balaban J connectivity index is 1.99. The van der Waals surface area contributed by atoms with Gasteiger partial charge in [0.15, 0.2) is 5.76 Å². The molecular formula is C15H21NO4S. The van der Waals surface area contributed by atoms with Crippen LogP contribution < -0.4 is 0 Å². The van der Waals surface area contributed by atoms with Gasteiger partial charge in [-0.2, -0.15) is 11.8 Å². The van der Waals surface area contributed by atoms with Crippen molar-refractivity contribution >= 4 is 23.6 Å². The second kappa shape index (κ2) is 7.54. The SMILES string of the molecule is CCOC(=O)C1CCCN(C(=O)c2ccc(CSC)o2)C1. The van der Waals surface area contributed by atoms with Gasteiger partial charge in [0.25, 0.3) is 5.91 Å². The second-order valence-corrected chi connectivity index (χ2v) is 5.91. The summed E-state index contributed by atoms with van der Waals surface area (Å²) in [6.07, 6.45) is 3.57. The summed E-state index contributed by atoms with van der Waals surface area (Å²) < 4.78 is 10.6. The average molecular weight is 311 g/mol. The number of hydrogen-bond acceptors (Lipinski definition) is 5. The molecule has 116 valence electrons. The minimum absolute atomic E-state index is 0.142. The molecule has 2 heterocycles. The normalized spacial score (nSPS) is 18.6. The number of ether oxygens (including phenoxy) is 1. The Kier molecular flexibility index (Phi) is 5.73. The Hall–Kier alpha value is -1.43. The maximum Gasteiger partial charge on any atom is 0.310 e. The zero-order valence-corrected chi connectivity index (χ0v) is 13.3. The van der Waals surface area contributed by atoms with Gasteiger partial charge in [0.1, 0.15) is 5.76 Å². The minimum atomic E-state index is -0.219. The number of piperidine rings is 1. The molecule has 1 fully saturated rings. The van der Waals surface area contributed by atoms with Crippen molar-refractivity contribution < 1.29 is 18.7 Å². The van der Waals surface area contributed by atoms with Crippen LogP contribution in [0.25, 0.3) is 0 Å². The lowest BCUT2D eigenvalue weighted by Gasteiger charge is -2.30. The van der Waals surface area contributed by atoms with Crippen molar-refractivity contribution in [3.05, 3.63) is 23.7 Å². The highest BCUT2D eigenvalue weighted by Gasteiger charge is 2.30. The largest absolute Gasteiger partial charge is 0.466 e. The molecule has 2 rings (SSSR count). The number of hydrogen-bond donors (Lipinski definition) is 0. The molecule has 5 nitrogen and oxygen atoms in total. The molecule has 0 N–H and O–H groups in total. The number of likely N-dealkylation sites (tertiary alicyclic amines) is 1. The quantitative estimate of drug-likeness (QED) is 0.782. The van der Waals surface area contributed by atoms with E-state index in [0.717, 1.165) is 24.4 Å². The van der Waals surface area contributed by atoms with Crippen LogP contribution in [0.3, 0.4) is 0 Å². The Labute approximate surface area is 129 Å².